The maximum Gasteiger partial charge on any atom is 0.238 e. The molecule has 1 rings (SSSR count). The Balaban J connectivity index is 2.73. The van der Waals surface area contributed by atoms with Crippen LogP contribution in [-0.4, -0.2) is 41.5 Å². The van der Waals surface area contributed by atoms with Crippen LogP contribution in [0.2, 0.25) is 0 Å². The van der Waals surface area contributed by atoms with Gasteiger partial charge in [-0.05, 0) is 65.5 Å². The minimum atomic E-state index is -0.483. The molecular formula is C17H35N3O. The molecule has 0 aliphatic heterocycles. The third-order valence-corrected chi connectivity index (χ3v) is 5.19. The number of hydrogen-bond acceptors (Lipinski definition) is 3. The summed E-state index contributed by atoms with van der Waals surface area (Å²) in [7, 11) is 0. The van der Waals surface area contributed by atoms with Crippen LogP contribution in [0.5, 0.6) is 0 Å². The molecule has 0 heterocycles. The standard InChI is InChI=1S/C17H35N3O/c1-6-14(5)20(7-2)12-10-15-9-8-11-17(15,16(18)21)19-13(3)4/h13-15,19H,6-12H2,1-5H3,(H2,18,21). The fourth-order valence-electron chi connectivity index (χ4n) is 3.84. The van der Waals surface area contributed by atoms with Crippen LogP contribution in [0.4, 0.5) is 0 Å². The first-order valence-corrected chi connectivity index (χ1v) is 8.69. The zero-order chi connectivity index (χ0) is 16.0. The van der Waals surface area contributed by atoms with E-state index in [4.69, 9.17) is 5.73 Å². The second-order valence-corrected chi connectivity index (χ2v) is 6.90. The monoisotopic (exact) mass is 297 g/mol. The van der Waals surface area contributed by atoms with Gasteiger partial charge in [0, 0.05) is 12.1 Å². The molecule has 0 saturated heterocycles. The Kier molecular flexibility index (Phi) is 7.14. The van der Waals surface area contributed by atoms with Gasteiger partial charge in [0.1, 0.15) is 5.54 Å². The molecule has 1 aliphatic rings. The van der Waals surface area contributed by atoms with E-state index < -0.39 is 5.54 Å². The zero-order valence-corrected chi connectivity index (χ0v) is 14.6. The van der Waals surface area contributed by atoms with Gasteiger partial charge in [-0.1, -0.05) is 20.3 Å². The predicted molar refractivity (Wildman–Crippen MR) is 89.2 cm³/mol. The van der Waals surface area contributed by atoms with Crippen molar-refractivity contribution in [3.05, 3.63) is 0 Å². The summed E-state index contributed by atoms with van der Waals surface area (Å²) in [5.41, 5.74) is 5.30. The quantitative estimate of drug-likeness (QED) is 0.687. The van der Waals surface area contributed by atoms with Crippen molar-refractivity contribution in [3.8, 4) is 0 Å². The number of carbonyl (C=O) groups excluding carboxylic acids is 1. The first kappa shape index (κ1) is 18.4. The number of nitrogens with one attached hydrogen (secondary N) is 1. The van der Waals surface area contributed by atoms with Crippen LogP contribution >= 0.6 is 0 Å². The van der Waals surface area contributed by atoms with Gasteiger partial charge in [-0.3, -0.25) is 4.79 Å². The lowest BCUT2D eigenvalue weighted by molar-refractivity contribution is -0.126. The lowest BCUT2D eigenvalue weighted by Gasteiger charge is -2.37. The van der Waals surface area contributed by atoms with Crippen LogP contribution < -0.4 is 11.1 Å². The Bertz CT molecular complexity index is 332. The van der Waals surface area contributed by atoms with Crippen molar-refractivity contribution in [2.75, 3.05) is 13.1 Å². The molecule has 0 spiro atoms. The van der Waals surface area contributed by atoms with Crippen LogP contribution in [0.25, 0.3) is 0 Å². The van der Waals surface area contributed by atoms with E-state index in [2.05, 4.69) is 44.8 Å². The van der Waals surface area contributed by atoms with E-state index in [-0.39, 0.29) is 11.9 Å². The fourth-order valence-corrected chi connectivity index (χ4v) is 3.84. The first-order valence-electron chi connectivity index (χ1n) is 8.69. The molecule has 1 aliphatic carbocycles. The van der Waals surface area contributed by atoms with Gasteiger partial charge in [0.25, 0.3) is 0 Å². The van der Waals surface area contributed by atoms with Crippen LogP contribution in [0.15, 0.2) is 0 Å². The number of carbonyl (C=O) groups is 1. The van der Waals surface area contributed by atoms with Gasteiger partial charge in [-0.2, -0.15) is 0 Å². The SMILES string of the molecule is CCC(C)N(CC)CCC1CCCC1(NC(C)C)C(N)=O. The average molecular weight is 297 g/mol. The topological polar surface area (TPSA) is 58.4 Å². The summed E-state index contributed by atoms with van der Waals surface area (Å²) >= 11 is 0. The van der Waals surface area contributed by atoms with Crippen molar-refractivity contribution in [1.82, 2.24) is 10.2 Å². The molecule has 0 radical (unpaired) electrons. The van der Waals surface area contributed by atoms with E-state index in [1.807, 2.05) is 0 Å². The minimum absolute atomic E-state index is 0.162. The molecule has 0 aromatic heterocycles. The Labute approximate surface area is 130 Å². The summed E-state index contributed by atoms with van der Waals surface area (Å²) in [4.78, 5) is 14.6. The Morgan fingerprint density at radius 1 is 1.38 bits per heavy atom. The van der Waals surface area contributed by atoms with Gasteiger partial charge < -0.3 is 16.0 Å². The number of nitrogens with zero attached hydrogens (tertiary/aromatic N) is 1. The summed E-state index contributed by atoms with van der Waals surface area (Å²) < 4.78 is 0. The van der Waals surface area contributed by atoms with Crippen molar-refractivity contribution in [3.63, 3.8) is 0 Å². The van der Waals surface area contributed by atoms with Crippen molar-refractivity contribution >= 4 is 5.91 Å². The summed E-state index contributed by atoms with van der Waals surface area (Å²) in [6.07, 6.45) is 5.33. The van der Waals surface area contributed by atoms with Gasteiger partial charge in [-0.15, -0.1) is 0 Å². The van der Waals surface area contributed by atoms with E-state index >= 15 is 0 Å². The summed E-state index contributed by atoms with van der Waals surface area (Å²) in [5.74, 6) is 0.209. The average Bonchev–Trinajstić information content (AvgIpc) is 2.82. The van der Waals surface area contributed by atoms with Crippen LogP contribution in [0.3, 0.4) is 0 Å². The van der Waals surface area contributed by atoms with Gasteiger partial charge in [0.05, 0.1) is 0 Å². The van der Waals surface area contributed by atoms with E-state index in [0.717, 1.165) is 38.8 Å². The molecule has 0 aromatic rings. The highest BCUT2D eigenvalue weighted by atomic mass is 16.1. The maximum atomic E-state index is 12.1. The highest BCUT2D eigenvalue weighted by Crippen LogP contribution is 2.38. The Morgan fingerprint density at radius 3 is 2.52 bits per heavy atom. The second-order valence-electron chi connectivity index (χ2n) is 6.90. The van der Waals surface area contributed by atoms with E-state index in [1.54, 1.807) is 0 Å². The van der Waals surface area contributed by atoms with Crippen LogP contribution in [0, 0.1) is 5.92 Å². The molecular weight excluding hydrogens is 262 g/mol. The third kappa shape index (κ3) is 4.43. The highest BCUT2D eigenvalue weighted by molar-refractivity contribution is 5.85. The fraction of sp³-hybridized carbons (Fsp3) is 0.941. The zero-order valence-electron chi connectivity index (χ0n) is 14.6. The molecule has 0 aromatic carbocycles. The molecule has 1 amide bonds. The normalized spacial score (nSPS) is 27.5. The Morgan fingerprint density at radius 2 is 2.05 bits per heavy atom. The molecule has 4 nitrogen and oxygen atoms in total. The number of primary amides is 1. The van der Waals surface area contributed by atoms with Gasteiger partial charge >= 0.3 is 0 Å². The van der Waals surface area contributed by atoms with Crippen molar-refractivity contribution in [1.29, 1.82) is 0 Å². The van der Waals surface area contributed by atoms with Crippen LogP contribution in [0.1, 0.15) is 66.7 Å². The molecule has 21 heavy (non-hydrogen) atoms. The highest BCUT2D eigenvalue weighted by Gasteiger charge is 2.47. The lowest BCUT2D eigenvalue weighted by atomic mass is 9.83. The van der Waals surface area contributed by atoms with E-state index in [1.165, 1.54) is 6.42 Å². The Hall–Kier alpha value is -0.610. The smallest absolute Gasteiger partial charge is 0.238 e. The van der Waals surface area contributed by atoms with Crippen molar-refractivity contribution in [2.24, 2.45) is 11.7 Å². The molecule has 1 fully saturated rings. The molecule has 3 unspecified atom stereocenters. The number of nitrogens with two attached hydrogens (primary N) is 1. The second kappa shape index (κ2) is 8.14. The molecule has 3 N–H and O–H groups in total. The maximum absolute atomic E-state index is 12.1. The number of hydrogen-bond donors (Lipinski definition) is 2. The number of amides is 1. The molecule has 124 valence electrons. The van der Waals surface area contributed by atoms with Crippen molar-refractivity contribution in [2.45, 2.75) is 84.3 Å². The van der Waals surface area contributed by atoms with E-state index in [0.29, 0.717) is 12.0 Å². The minimum Gasteiger partial charge on any atom is -0.368 e. The summed E-state index contributed by atoms with van der Waals surface area (Å²) in [6, 6.07) is 0.896. The van der Waals surface area contributed by atoms with Gasteiger partial charge in [-0.25, -0.2) is 0 Å². The summed E-state index contributed by atoms with van der Waals surface area (Å²) in [5, 5.41) is 3.50. The van der Waals surface area contributed by atoms with Gasteiger partial charge in [0.2, 0.25) is 5.91 Å². The first-order chi connectivity index (χ1) is 9.87. The van der Waals surface area contributed by atoms with Crippen molar-refractivity contribution < 1.29 is 4.79 Å². The van der Waals surface area contributed by atoms with Crippen LogP contribution in [-0.2, 0) is 4.79 Å². The predicted octanol–water partition coefficient (Wildman–Crippen LogP) is 2.52. The molecule has 1 saturated carbocycles. The van der Waals surface area contributed by atoms with E-state index in [9.17, 15) is 4.79 Å². The largest absolute Gasteiger partial charge is 0.368 e. The molecule has 4 heteroatoms. The third-order valence-electron chi connectivity index (χ3n) is 5.19. The summed E-state index contributed by atoms with van der Waals surface area (Å²) in [6.45, 7) is 13.1. The molecule has 3 atom stereocenters. The molecule has 0 bridgehead atoms. The van der Waals surface area contributed by atoms with Gasteiger partial charge in [0.15, 0.2) is 0 Å². The number of rotatable bonds is 9. The lowest BCUT2D eigenvalue weighted by Crippen LogP contribution is -2.60.